The average Bonchev–Trinajstić information content (AvgIpc) is 3.02. The SMILES string of the molecule is COCCCNC(=O)C1CCc2sc(-c3ccncc3)nc2C1. The highest BCUT2D eigenvalue weighted by Gasteiger charge is 2.27. The van der Waals surface area contributed by atoms with E-state index < -0.39 is 0 Å². The molecule has 2 aromatic rings. The topological polar surface area (TPSA) is 64.1 Å². The van der Waals surface area contributed by atoms with Crippen LogP contribution < -0.4 is 5.32 Å². The molecule has 0 aliphatic heterocycles. The maximum absolute atomic E-state index is 12.3. The van der Waals surface area contributed by atoms with Crippen LogP contribution in [0.15, 0.2) is 24.5 Å². The van der Waals surface area contributed by atoms with Gasteiger partial charge in [0.25, 0.3) is 0 Å². The number of carbonyl (C=O) groups is 1. The molecule has 1 aliphatic carbocycles. The number of amides is 1. The summed E-state index contributed by atoms with van der Waals surface area (Å²) in [7, 11) is 1.67. The summed E-state index contributed by atoms with van der Waals surface area (Å²) >= 11 is 1.74. The highest BCUT2D eigenvalue weighted by atomic mass is 32.1. The number of rotatable bonds is 6. The Morgan fingerprint density at radius 1 is 1.43 bits per heavy atom. The molecule has 1 unspecified atom stereocenters. The Hall–Kier alpha value is -1.79. The summed E-state index contributed by atoms with van der Waals surface area (Å²) in [6.07, 6.45) is 7.00. The number of ether oxygens (including phenoxy) is 1. The van der Waals surface area contributed by atoms with Gasteiger partial charge in [-0.25, -0.2) is 4.98 Å². The van der Waals surface area contributed by atoms with Gasteiger partial charge in [-0.3, -0.25) is 9.78 Å². The van der Waals surface area contributed by atoms with Crippen molar-refractivity contribution in [2.75, 3.05) is 20.3 Å². The summed E-state index contributed by atoms with van der Waals surface area (Å²) in [5.74, 6) is 0.183. The molecule has 0 bridgehead atoms. The summed E-state index contributed by atoms with van der Waals surface area (Å²) in [4.78, 5) is 22.4. The second-order valence-electron chi connectivity index (χ2n) is 5.70. The number of hydrogen-bond acceptors (Lipinski definition) is 5. The van der Waals surface area contributed by atoms with Gasteiger partial charge in [-0.2, -0.15) is 0 Å². The van der Waals surface area contributed by atoms with Crippen LogP contribution in [0.25, 0.3) is 10.6 Å². The van der Waals surface area contributed by atoms with Crippen LogP contribution >= 0.6 is 11.3 Å². The smallest absolute Gasteiger partial charge is 0.223 e. The molecule has 6 heteroatoms. The van der Waals surface area contributed by atoms with Gasteiger partial charge in [0.05, 0.1) is 5.69 Å². The molecule has 0 radical (unpaired) electrons. The van der Waals surface area contributed by atoms with Crippen LogP contribution in [-0.2, 0) is 22.4 Å². The lowest BCUT2D eigenvalue weighted by atomic mass is 9.90. The Bertz CT molecular complexity index is 657. The van der Waals surface area contributed by atoms with E-state index in [9.17, 15) is 4.79 Å². The third kappa shape index (κ3) is 3.95. The molecule has 122 valence electrons. The standard InChI is InChI=1S/C17H21N3O2S/c1-22-10-2-7-19-16(21)13-3-4-15-14(11-13)20-17(23-15)12-5-8-18-9-6-12/h5-6,8-9,13H,2-4,7,10-11H2,1H3,(H,19,21). The molecule has 1 amide bonds. The van der Waals surface area contributed by atoms with Gasteiger partial charge in [-0.1, -0.05) is 0 Å². The molecule has 0 saturated heterocycles. The number of aryl methyl sites for hydroxylation is 1. The van der Waals surface area contributed by atoms with Crippen LogP contribution in [0.4, 0.5) is 0 Å². The number of hydrogen-bond donors (Lipinski definition) is 1. The molecular weight excluding hydrogens is 310 g/mol. The molecule has 3 rings (SSSR count). The van der Waals surface area contributed by atoms with Gasteiger partial charge in [-0.05, 0) is 31.4 Å². The van der Waals surface area contributed by atoms with Crippen molar-refractivity contribution in [3.63, 3.8) is 0 Å². The molecule has 0 aromatic carbocycles. The van der Waals surface area contributed by atoms with Crippen molar-refractivity contribution in [1.82, 2.24) is 15.3 Å². The largest absolute Gasteiger partial charge is 0.385 e. The molecule has 1 aliphatic rings. The summed E-state index contributed by atoms with van der Waals surface area (Å²) in [6, 6.07) is 3.95. The van der Waals surface area contributed by atoms with E-state index in [4.69, 9.17) is 9.72 Å². The van der Waals surface area contributed by atoms with E-state index in [1.165, 1.54) is 4.88 Å². The van der Waals surface area contributed by atoms with E-state index in [1.807, 2.05) is 12.1 Å². The van der Waals surface area contributed by atoms with Gasteiger partial charge >= 0.3 is 0 Å². The van der Waals surface area contributed by atoms with Gasteiger partial charge < -0.3 is 10.1 Å². The molecule has 2 aromatic heterocycles. The minimum Gasteiger partial charge on any atom is -0.385 e. The van der Waals surface area contributed by atoms with Crippen LogP contribution in [0, 0.1) is 5.92 Å². The number of nitrogens with zero attached hydrogens (tertiary/aromatic N) is 2. The van der Waals surface area contributed by atoms with Crippen LogP contribution in [0.2, 0.25) is 0 Å². The lowest BCUT2D eigenvalue weighted by Crippen LogP contribution is -2.34. The molecule has 0 saturated carbocycles. The second-order valence-corrected chi connectivity index (χ2v) is 6.79. The predicted octanol–water partition coefficient (Wildman–Crippen LogP) is 2.46. The van der Waals surface area contributed by atoms with Crippen molar-refractivity contribution in [3.8, 4) is 10.6 Å². The van der Waals surface area contributed by atoms with Crippen molar-refractivity contribution in [2.24, 2.45) is 5.92 Å². The second kappa shape index (κ2) is 7.66. The fourth-order valence-electron chi connectivity index (χ4n) is 2.79. The Balaban J connectivity index is 1.62. The van der Waals surface area contributed by atoms with Gasteiger partial charge in [0.2, 0.25) is 5.91 Å². The first kappa shape index (κ1) is 16.1. The maximum Gasteiger partial charge on any atom is 0.223 e. The lowest BCUT2D eigenvalue weighted by Gasteiger charge is -2.20. The Kier molecular flexibility index (Phi) is 5.35. The summed E-state index contributed by atoms with van der Waals surface area (Å²) in [6.45, 7) is 1.35. The minimum atomic E-state index is 0.0393. The first-order valence-electron chi connectivity index (χ1n) is 7.93. The number of aromatic nitrogens is 2. The summed E-state index contributed by atoms with van der Waals surface area (Å²) < 4.78 is 5.00. The number of pyridine rings is 1. The molecule has 1 N–H and O–H groups in total. The number of methoxy groups -OCH3 is 1. The van der Waals surface area contributed by atoms with Crippen LogP contribution in [0.5, 0.6) is 0 Å². The zero-order valence-electron chi connectivity index (χ0n) is 13.2. The van der Waals surface area contributed by atoms with Crippen molar-refractivity contribution in [1.29, 1.82) is 0 Å². The Morgan fingerprint density at radius 2 is 2.26 bits per heavy atom. The monoisotopic (exact) mass is 331 g/mol. The van der Waals surface area contributed by atoms with Gasteiger partial charge in [0.15, 0.2) is 0 Å². The van der Waals surface area contributed by atoms with Crippen molar-refractivity contribution >= 4 is 17.2 Å². The molecule has 0 fully saturated rings. The fourth-order valence-corrected chi connectivity index (χ4v) is 3.90. The van der Waals surface area contributed by atoms with Gasteiger partial charge in [0.1, 0.15) is 5.01 Å². The van der Waals surface area contributed by atoms with Crippen molar-refractivity contribution < 1.29 is 9.53 Å². The normalized spacial score (nSPS) is 16.8. The van der Waals surface area contributed by atoms with E-state index >= 15 is 0 Å². The quantitative estimate of drug-likeness (QED) is 0.826. The van der Waals surface area contributed by atoms with Crippen LogP contribution in [0.1, 0.15) is 23.4 Å². The van der Waals surface area contributed by atoms with Crippen molar-refractivity contribution in [2.45, 2.75) is 25.7 Å². The molecule has 23 heavy (non-hydrogen) atoms. The van der Waals surface area contributed by atoms with Crippen LogP contribution in [0.3, 0.4) is 0 Å². The highest BCUT2D eigenvalue weighted by molar-refractivity contribution is 7.15. The third-order valence-electron chi connectivity index (χ3n) is 4.06. The molecule has 5 nitrogen and oxygen atoms in total. The number of fused-ring (bicyclic) bond motifs is 1. The van der Waals surface area contributed by atoms with Gasteiger partial charge in [-0.15, -0.1) is 11.3 Å². The zero-order chi connectivity index (χ0) is 16.1. The first-order chi connectivity index (χ1) is 11.3. The Morgan fingerprint density at radius 3 is 3.04 bits per heavy atom. The average molecular weight is 331 g/mol. The van der Waals surface area contributed by atoms with E-state index in [1.54, 1.807) is 30.8 Å². The summed E-state index contributed by atoms with van der Waals surface area (Å²) in [5, 5.41) is 4.03. The van der Waals surface area contributed by atoms with Gasteiger partial charge in [0, 0.05) is 55.4 Å². The zero-order valence-corrected chi connectivity index (χ0v) is 14.1. The summed E-state index contributed by atoms with van der Waals surface area (Å²) in [5.41, 5.74) is 2.19. The molecule has 1 atom stereocenters. The molecular formula is C17H21N3O2S. The maximum atomic E-state index is 12.3. The highest BCUT2D eigenvalue weighted by Crippen LogP contribution is 2.34. The van der Waals surface area contributed by atoms with E-state index in [0.717, 1.165) is 41.9 Å². The first-order valence-corrected chi connectivity index (χ1v) is 8.75. The number of carbonyl (C=O) groups excluding carboxylic acids is 1. The predicted molar refractivity (Wildman–Crippen MR) is 90.4 cm³/mol. The fraction of sp³-hybridized carbons (Fsp3) is 0.471. The molecule has 2 heterocycles. The molecule has 0 spiro atoms. The van der Waals surface area contributed by atoms with E-state index in [0.29, 0.717) is 13.2 Å². The van der Waals surface area contributed by atoms with Crippen LogP contribution in [-0.4, -0.2) is 36.1 Å². The van der Waals surface area contributed by atoms with E-state index in [-0.39, 0.29) is 11.8 Å². The number of thiazole rings is 1. The van der Waals surface area contributed by atoms with E-state index in [2.05, 4.69) is 10.3 Å². The number of nitrogens with one attached hydrogen (secondary N) is 1. The lowest BCUT2D eigenvalue weighted by molar-refractivity contribution is -0.125. The van der Waals surface area contributed by atoms with Crippen molar-refractivity contribution in [3.05, 3.63) is 35.1 Å². The third-order valence-corrected chi connectivity index (χ3v) is 5.27. The minimum absolute atomic E-state index is 0.0393. The Labute approximate surface area is 140 Å².